The first-order valence-corrected chi connectivity index (χ1v) is 26.8. The molecule has 0 saturated carbocycles. The Morgan fingerprint density at radius 1 is 0.902 bits per heavy atom. The van der Waals surface area contributed by atoms with Crippen molar-refractivity contribution in [2.45, 2.75) is 123 Å². The van der Waals surface area contributed by atoms with Crippen LogP contribution in [0.25, 0.3) is 42.3 Å². The van der Waals surface area contributed by atoms with Gasteiger partial charge in [0.15, 0.2) is 5.78 Å². The Balaban J connectivity index is 0.000000312. The van der Waals surface area contributed by atoms with Gasteiger partial charge in [-0.2, -0.15) is 0 Å². The number of carbonyl (C=O) groups is 1. The number of hydrogen-bond acceptors (Lipinski definition) is 5. The average Bonchev–Trinajstić information content (AvgIpc) is 3.51. The molecule has 275 valence electrons. The Hall–Kier alpha value is -2.38. The van der Waals surface area contributed by atoms with Gasteiger partial charge in [-0.05, 0) is 25.7 Å². The van der Waals surface area contributed by atoms with Crippen LogP contribution in [0.1, 0.15) is 104 Å². The van der Waals surface area contributed by atoms with Gasteiger partial charge in [-0.3, -0.25) is 4.79 Å². The Bertz CT molecular complexity index is 2080. The number of aliphatic hydroxyl groups is 1. The first kappa shape index (κ1) is 41.4. The predicted octanol–water partition coefficient (Wildman–Crippen LogP) is 12.1. The number of hydrogen-bond donors (Lipinski definition) is 1. The van der Waals surface area contributed by atoms with Crippen LogP contribution < -0.4 is 4.40 Å². The number of nitrogens with zero attached hydrogens (tertiary/aromatic N) is 2. The number of thiophene rings is 1. The first-order chi connectivity index (χ1) is 23.5. The molecule has 1 N–H and O–H groups in total. The molecule has 1 aliphatic carbocycles. The summed E-state index contributed by atoms with van der Waals surface area (Å²) in [5.74, 6) is 7.97. The monoisotopic (exact) mass is 944 g/mol. The maximum Gasteiger partial charge on any atom is 0 e. The molecule has 5 aromatic rings. The zero-order chi connectivity index (χ0) is 36.8. The largest absolute Gasteiger partial charge is 0 e. The molecule has 0 spiro atoms. The van der Waals surface area contributed by atoms with Crippen molar-refractivity contribution >= 4 is 65.9 Å². The van der Waals surface area contributed by atoms with E-state index in [-0.39, 0.29) is 54.3 Å². The van der Waals surface area contributed by atoms with Gasteiger partial charge in [0, 0.05) is 38.0 Å². The van der Waals surface area contributed by atoms with E-state index in [1.807, 2.05) is 39.0 Å². The minimum Gasteiger partial charge on any atom is 0 e. The second kappa shape index (κ2) is 15.9. The number of fused-ring (bicyclic) bond motifs is 6. The minimum atomic E-state index is -2.15. The zero-order valence-electron chi connectivity index (χ0n) is 32.8. The van der Waals surface area contributed by atoms with Gasteiger partial charge in [0.05, 0.1) is 5.76 Å². The van der Waals surface area contributed by atoms with Crippen molar-refractivity contribution in [2.24, 2.45) is 11.8 Å². The van der Waals surface area contributed by atoms with Gasteiger partial charge in [0.2, 0.25) is 0 Å². The standard InChI is InChI=1S/C31H33GeN2S.C13H24O2.Ir/c1-18-9-10-21-19(13-18)14-20(15-24(21)32(6,7)8)26-29-27(34-17-33-26)22-11-12-23-25(28(22)35-29)31(4,5)16-30(23,2)3;1-5-10(6-2)12(14)9-13(15)11(7-3)8-4;/h9-13,15,17H,16H2,1-8H3;9-11,14H,5-8H2,1-4H3;/q-1;;/b;12-9-;. The molecule has 3 aromatic carbocycles. The van der Waals surface area contributed by atoms with Crippen LogP contribution in [0.5, 0.6) is 0 Å². The van der Waals surface area contributed by atoms with E-state index < -0.39 is 13.3 Å². The average molecular weight is 943 g/mol. The molecule has 4 nitrogen and oxygen atoms in total. The summed E-state index contributed by atoms with van der Waals surface area (Å²) in [5, 5.41) is 13.6. The van der Waals surface area contributed by atoms with Crippen LogP contribution in [0, 0.1) is 24.8 Å². The van der Waals surface area contributed by atoms with Crippen molar-refractivity contribution in [1.29, 1.82) is 0 Å². The van der Waals surface area contributed by atoms with Crippen molar-refractivity contribution in [3.63, 3.8) is 0 Å². The summed E-state index contributed by atoms with van der Waals surface area (Å²) in [6.45, 7) is 19.8. The van der Waals surface area contributed by atoms with Crippen LogP contribution >= 0.6 is 11.3 Å². The summed E-state index contributed by atoms with van der Waals surface area (Å²) >= 11 is -0.265. The van der Waals surface area contributed by atoms with Crippen LogP contribution in [-0.2, 0) is 35.7 Å². The molecule has 0 aliphatic heterocycles. The topological polar surface area (TPSA) is 63.1 Å². The van der Waals surface area contributed by atoms with E-state index in [9.17, 15) is 9.90 Å². The number of rotatable bonds is 9. The maximum absolute atomic E-state index is 11.7. The Kier molecular flexibility index (Phi) is 12.9. The quantitative estimate of drug-likeness (QED) is 0.0692. The smallest absolute Gasteiger partial charge is 0 e. The fraction of sp³-hybridized carbons (Fsp3) is 0.477. The van der Waals surface area contributed by atoms with Crippen molar-refractivity contribution in [3.05, 3.63) is 77.3 Å². The van der Waals surface area contributed by atoms with Gasteiger partial charge < -0.3 is 5.11 Å². The normalized spacial score (nSPS) is 15.3. The molecule has 7 heteroatoms. The van der Waals surface area contributed by atoms with E-state index in [0.717, 1.165) is 42.5 Å². The van der Waals surface area contributed by atoms with E-state index in [4.69, 9.17) is 9.97 Å². The Morgan fingerprint density at radius 3 is 2.14 bits per heavy atom. The fourth-order valence-electron chi connectivity index (χ4n) is 8.28. The molecule has 0 fully saturated rings. The second-order valence-corrected chi connectivity index (χ2v) is 28.3. The van der Waals surface area contributed by atoms with E-state index in [2.05, 4.69) is 94.4 Å². The van der Waals surface area contributed by atoms with Gasteiger partial charge in [-0.1, -0.05) is 27.7 Å². The summed E-state index contributed by atoms with van der Waals surface area (Å²) in [4.78, 5) is 21.4. The number of aromatic nitrogens is 2. The Labute approximate surface area is 326 Å². The molecule has 2 aromatic heterocycles. The molecule has 0 unspecified atom stereocenters. The molecule has 0 amide bonds. The molecule has 6 rings (SSSR count). The second-order valence-electron chi connectivity index (χ2n) is 16.7. The SMILES string of the molecule is CCC(CC)C(=O)/C=C(\O)C(CC)CC.Cc1ccc2[c]([Ge]([CH3])([CH3])[CH3])cc(-c3ncnc4c3sc3c5c(ccc34)C(C)(C)CC5(C)C)[c-]c2c1.[Ir]. The van der Waals surface area contributed by atoms with Gasteiger partial charge >= 0.3 is 216 Å². The van der Waals surface area contributed by atoms with Gasteiger partial charge in [0.25, 0.3) is 0 Å². The molecule has 0 saturated heterocycles. The number of allylic oxidation sites excluding steroid dienone is 2. The molecule has 1 aliphatic rings. The summed E-state index contributed by atoms with van der Waals surface area (Å²) in [6.07, 6.45) is 7.82. The molecule has 0 atom stereocenters. The predicted molar refractivity (Wildman–Crippen MR) is 219 cm³/mol. The molecule has 2 heterocycles. The maximum atomic E-state index is 11.7. The van der Waals surface area contributed by atoms with E-state index in [0.29, 0.717) is 0 Å². The molecule has 51 heavy (non-hydrogen) atoms. The van der Waals surface area contributed by atoms with E-state index in [1.54, 1.807) is 6.33 Å². The number of benzene rings is 3. The number of aryl methyl sites for hydroxylation is 1. The molecular formula is C44H57GeIrN2O2S-. The van der Waals surface area contributed by atoms with E-state index >= 15 is 0 Å². The molecular weight excluding hydrogens is 885 g/mol. The third-order valence-electron chi connectivity index (χ3n) is 10.9. The van der Waals surface area contributed by atoms with E-state index in [1.165, 1.54) is 59.1 Å². The zero-order valence-corrected chi connectivity index (χ0v) is 38.1. The first-order valence-electron chi connectivity index (χ1n) is 18.6. The van der Waals surface area contributed by atoms with Gasteiger partial charge in [-0.15, -0.1) is 0 Å². The summed E-state index contributed by atoms with van der Waals surface area (Å²) in [6, 6.07) is 17.6. The fourth-order valence-corrected chi connectivity index (χ4v) is 13.1. The van der Waals surface area contributed by atoms with Crippen molar-refractivity contribution in [2.75, 3.05) is 0 Å². The minimum absolute atomic E-state index is 0. The molecule has 0 bridgehead atoms. The van der Waals surface area contributed by atoms with Crippen LogP contribution in [0.2, 0.25) is 17.3 Å². The summed E-state index contributed by atoms with van der Waals surface area (Å²) in [7, 11) is 0. The van der Waals surface area contributed by atoms with Crippen molar-refractivity contribution in [3.8, 4) is 11.3 Å². The number of aliphatic hydroxyl groups excluding tert-OH is 1. The van der Waals surface area contributed by atoms with Crippen LogP contribution in [-0.4, -0.2) is 34.1 Å². The third-order valence-corrected chi connectivity index (χ3v) is 16.4. The summed E-state index contributed by atoms with van der Waals surface area (Å²) in [5.41, 5.74) is 7.82. The van der Waals surface area contributed by atoms with Crippen LogP contribution in [0.4, 0.5) is 0 Å². The number of carbonyl (C=O) groups excluding carboxylic acids is 1. The number of ketones is 1. The van der Waals surface area contributed by atoms with Gasteiger partial charge in [0.1, 0.15) is 0 Å². The molecule has 1 radical (unpaired) electrons. The third kappa shape index (κ3) is 8.25. The van der Waals surface area contributed by atoms with Gasteiger partial charge in [-0.25, -0.2) is 0 Å². The Morgan fingerprint density at radius 2 is 1.53 bits per heavy atom. The van der Waals surface area contributed by atoms with Crippen LogP contribution in [0.15, 0.2) is 54.6 Å². The van der Waals surface area contributed by atoms with Crippen molar-refractivity contribution in [1.82, 2.24) is 9.97 Å². The van der Waals surface area contributed by atoms with Crippen molar-refractivity contribution < 1.29 is 30.0 Å². The summed E-state index contributed by atoms with van der Waals surface area (Å²) < 4.78 is 4.09. The van der Waals surface area contributed by atoms with Crippen LogP contribution in [0.3, 0.4) is 0 Å².